The van der Waals surface area contributed by atoms with Crippen LogP contribution in [0.3, 0.4) is 0 Å². The lowest BCUT2D eigenvalue weighted by Gasteiger charge is -2.42. The molecule has 1 aliphatic heterocycles. The Morgan fingerprint density at radius 3 is 2.07 bits per heavy atom. The number of carboxylic acids is 1. The summed E-state index contributed by atoms with van der Waals surface area (Å²) in [5, 5.41) is 13.0. The van der Waals surface area contributed by atoms with Crippen molar-refractivity contribution in [1.82, 2.24) is 10.2 Å². The number of benzene rings is 1. The summed E-state index contributed by atoms with van der Waals surface area (Å²) in [5.74, 6) is -0.603. The Morgan fingerprint density at radius 2 is 1.64 bits per heavy atom. The summed E-state index contributed by atoms with van der Waals surface area (Å²) in [6.45, 7) is 7.47. The summed E-state index contributed by atoms with van der Waals surface area (Å²) in [6, 6.07) is 12.7. The normalized spacial score (nSPS) is 22.8. The largest absolute Gasteiger partial charge is 0.481 e. The molecular weight excluding hydrogens is 352 g/mol. The second kappa shape index (κ2) is 9.86. The summed E-state index contributed by atoms with van der Waals surface area (Å²) >= 11 is 0. The lowest BCUT2D eigenvalue weighted by molar-refractivity contribution is -0.144. The topological polar surface area (TPSA) is 61.8 Å². The SMILES string of the molecule is CCOCC1(CNC2CC2)CCN(CC2(C(=O)O)CC2)CC1.c1ccccc1. The van der Waals surface area contributed by atoms with Gasteiger partial charge in [-0.2, -0.15) is 0 Å². The molecule has 5 nitrogen and oxygen atoms in total. The minimum absolute atomic E-state index is 0.245. The summed E-state index contributed by atoms with van der Waals surface area (Å²) in [7, 11) is 0. The van der Waals surface area contributed by atoms with Crippen LogP contribution < -0.4 is 5.32 Å². The molecule has 1 aromatic rings. The Hall–Kier alpha value is -1.43. The van der Waals surface area contributed by atoms with Crippen LogP contribution in [-0.4, -0.2) is 61.4 Å². The van der Waals surface area contributed by atoms with Crippen molar-refractivity contribution in [2.75, 3.05) is 39.4 Å². The van der Waals surface area contributed by atoms with E-state index in [1.807, 2.05) is 36.4 Å². The Bertz CT molecular complexity index is 564. The average Bonchev–Trinajstić information content (AvgIpc) is 3.64. The molecule has 2 saturated carbocycles. The highest BCUT2D eigenvalue weighted by atomic mass is 16.5. The molecular formula is C23H36N2O3. The molecule has 28 heavy (non-hydrogen) atoms. The number of rotatable bonds is 9. The molecule has 0 atom stereocenters. The van der Waals surface area contributed by atoms with Gasteiger partial charge in [-0.15, -0.1) is 0 Å². The van der Waals surface area contributed by atoms with E-state index in [0.29, 0.717) is 0 Å². The zero-order chi connectivity index (χ0) is 19.9. The van der Waals surface area contributed by atoms with Gasteiger partial charge in [0.2, 0.25) is 0 Å². The molecule has 0 spiro atoms. The molecule has 0 aromatic heterocycles. The van der Waals surface area contributed by atoms with E-state index in [1.54, 1.807) is 0 Å². The number of nitrogens with one attached hydrogen (secondary N) is 1. The van der Waals surface area contributed by atoms with Gasteiger partial charge in [0.25, 0.3) is 0 Å². The first-order valence-electron chi connectivity index (χ1n) is 10.8. The van der Waals surface area contributed by atoms with Gasteiger partial charge in [-0.25, -0.2) is 0 Å². The standard InChI is InChI=1S/C17H30N2O3.C6H6/c1-2-22-13-16(11-18-14-3-4-14)7-9-19(10-8-16)12-17(5-6-17)15(20)21;1-2-4-6-5-3-1/h14,18H,2-13H2,1H3,(H,20,21);1-6H. The number of piperidine rings is 1. The fraction of sp³-hybridized carbons (Fsp3) is 0.696. The lowest BCUT2D eigenvalue weighted by Crippen LogP contribution is -2.49. The van der Waals surface area contributed by atoms with Crippen molar-refractivity contribution in [1.29, 1.82) is 0 Å². The van der Waals surface area contributed by atoms with E-state index >= 15 is 0 Å². The molecule has 156 valence electrons. The first-order chi connectivity index (χ1) is 13.6. The Morgan fingerprint density at radius 1 is 1.07 bits per heavy atom. The van der Waals surface area contributed by atoms with Crippen LogP contribution in [0, 0.1) is 10.8 Å². The predicted molar refractivity (Wildman–Crippen MR) is 111 cm³/mol. The van der Waals surface area contributed by atoms with Crippen LogP contribution in [0.15, 0.2) is 36.4 Å². The summed E-state index contributed by atoms with van der Waals surface area (Å²) < 4.78 is 5.76. The van der Waals surface area contributed by atoms with Crippen LogP contribution in [0.2, 0.25) is 0 Å². The quantitative estimate of drug-likeness (QED) is 0.679. The van der Waals surface area contributed by atoms with Crippen molar-refractivity contribution >= 4 is 5.97 Å². The van der Waals surface area contributed by atoms with Gasteiger partial charge in [-0.05, 0) is 58.5 Å². The van der Waals surface area contributed by atoms with Crippen LogP contribution in [0.4, 0.5) is 0 Å². The molecule has 1 saturated heterocycles. The van der Waals surface area contributed by atoms with Gasteiger partial charge < -0.3 is 20.1 Å². The molecule has 0 amide bonds. The average molecular weight is 389 g/mol. The predicted octanol–water partition coefficient (Wildman–Crippen LogP) is 3.41. The van der Waals surface area contributed by atoms with E-state index in [2.05, 4.69) is 17.1 Å². The molecule has 2 N–H and O–H groups in total. The van der Waals surface area contributed by atoms with Crippen LogP contribution >= 0.6 is 0 Å². The van der Waals surface area contributed by atoms with Gasteiger partial charge in [0.05, 0.1) is 12.0 Å². The highest BCUT2D eigenvalue weighted by molar-refractivity contribution is 5.78. The molecule has 3 aliphatic rings. The number of ether oxygens (including phenoxy) is 1. The third-order valence-corrected chi connectivity index (χ3v) is 6.37. The van der Waals surface area contributed by atoms with Crippen molar-refractivity contribution in [2.45, 2.75) is 51.5 Å². The van der Waals surface area contributed by atoms with Gasteiger partial charge in [0.1, 0.15) is 0 Å². The van der Waals surface area contributed by atoms with Gasteiger partial charge in [0.15, 0.2) is 0 Å². The van der Waals surface area contributed by atoms with Gasteiger partial charge in [0, 0.05) is 31.2 Å². The maximum atomic E-state index is 11.4. The summed E-state index contributed by atoms with van der Waals surface area (Å²) in [6.07, 6.45) is 6.57. The smallest absolute Gasteiger partial charge is 0.310 e. The second-order valence-electron chi connectivity index (χ2n) is 8.81. The van der Waals surface area contributed by atoms with E-state index < -0.39 is 11.4 Å². The molecule has 0 bridgehead atoms. The number of aliphatic carboxylic acids is 1. The fourth-order valence-corrected chi connectivity index (χ4v) is 3.93. The highest BCUT2D eigenvalue weighted by Gasteiger charge is 2.51. The molecule has 3 fully saturated rings. The van der Waals surface area contributed by atoms with E-state index in [1.165, 1.54) is 12.8 Å². The highest BCUT2D eigenvalue weighted by Crippen LogP contribution is 2.47. The van der Waals surface area contributed by atoms with Gasteiger partial charge in [-0.3, -0.25) is 4.79 Å². The van der Waals surface area contributed by atoms with Crippen molar-refractivity contribution < 1.29 is 14.6 Å². The summed E-state index contributed by atoms with van der Waals surface area (Å²) in [5.41, 5.74) is -0.179. The number of carboxylic acid groups (broad SMARTS) is 1. The monoisotopic (exact) mass is 388 g/mol. The van der Waals surface area contributed by atoms with Crippen LogP contribution in [0.5, 0.6) is 0 Å². The first kappa shape index (κ1) is 21.3. The number of likely N-dealkylation sites (tertiary alicyclic amines) is 1. The van der Waals surface area contributed by atoms with Gasteiger partial charge >= 0.3 is 5.97 Å². The van der Waals surface area contributed by atoms with E-state index in [9.17, 15) is 9.90 Å². The Kier molecular flexibility index (Phi) is 7.49. The fourth-order valence-electron chi connectivity index (χ4n) is 3.93. The molecule has 0 radical (unpaired) electrons. The first-order valence-corrected chi connectivity index (χ1v) is 10.8. The van der Waals surface area contributed by atoms with Crippen molar-refractivity contribution in [3.63, 3.8) is 0 Å². The lowest BCUT2D eigenvalue weighted by atomic mass is 9.78. The molecule has 5 heteroatoms. The van der Waals surface area contributed by atoms with E-state index in [4.69, 9.17) is 4.74 Å². The number of nitrogens with zero attached hydrogens (tertiary/aromatic N) is 1. The Labute approximate surface area is 169 Å². The maximum Gasteiger partial charge on any atom is 0.310 e. The number of hydrogen-bond acceptors (Lipinski definition) is 4. The van der Waals surface area contributed by atoms with Crippen LogP contribution in [0.25, 0.3) is 0 Å². The molecule has 4 rings (SSSR count). The number of hydrogen-bond donors (Lipinski definition) is 2. The maximum absolute atomic E-state index is 11.4. The number of carbonyl (C=O) groups is 1. The van der Waals surface area contributed by atoms with Crippen molar-refractivity contribution in [3.8, 4) is 0 Å². The zero-order valence-electron chi connectivity index (χ0n) is 17.2. The Balaban J connectivity index is 0.000000320. The van der Waals surface area contributed by atoms with Crippen LogP contribution in [0.1, 0.15) is 45.4 Å². The second-order valence-corrected chi connectivity index (χ2v) is 8.81. The molecule has 1 aromatic carbocycles. The summed E-state index contributed by atoms with van der Waals surface area (Å²) in [4.78, 5) is 13.7. The minimum Gasteiger partial charge on any atom is -0.481 e. The molecule has 0 unspecified atom stereocenters. The van der Waals surface area contributed by atoms with Crippen LogP contribution in [-0.2, 0) is 9.53 Å². The van der Waals surface area contributed by atoms with E-state index in [0.717, 1.165) is 71.1 Å². The van der Waals surface area contributed by atoms with Crippen molar-refractivity contribution in [2.24, 2.45) is 10.8 Å². The van der Waals surface area contributed by atoms with E-state index in [-0.39, 0.29) is 5.41 Å². The third-order valence-electron chi connectivity index (χ3n) is 6.37. The van der Waals surface area contributed by atoms with Gasteiger partial charge in [-0.1, -0.05) is 36.4 Å². The zero-order valence-corrected chi connectivity index (χ0v) is 17.2. The minimum atomic E-state index is -0.603. The third kappa shape index (κ3) is 6.29. The van der Waals surface area contributed by atoms with Crippen molar-refractivity contribution in [3.05, 3.63) is 36.4 Å². The molecule has 2 aliphatic carbocycles. The molecule has 1 heterocycles.